The average molecular weight is 265 g/mol. The van der Waals surface area contributed by atoms with Crippen molar-refractivity contribution in [2.45, 2.75) is 19.3 Å². The predicted octanol–water partition coefficient (Wildman–Crippen LogP) is 0.648. The molecule has 0 aliphatic rings. The van der Waals surface area contributed by atoms with Gasteiger partial charge in [-0.25, -0.2) is 4.98 Å². The quantitative estimate of drug-likeness (QED) is 0.736. The lowest BCUT2D eigenvalue weighted by Gasteiger charge is -2.13. The van der Waals surface area contributed by atoms with Crippen LogP contribution in [0.2, 0.25) is 0 Å². The van der Waals surface area contributed by atoms with Gasteiger partial charge < -0.3 is 21.3 Å². The fraction of sp³-hybridized carbons (Fsp3) is 0.333. The zero-order valence-electron chi connectivity index (χ0n) is 8.99. The number of alkyl halides is 3. The lowest BCUT2D eigenvalue weighted by Crippen LogP contribution is -2.20. The Kier molecular flexibility index (Phi) is 3.96. The predicted molar refractivity (Wildman–Crippen MR) is 54.6 cm³/mol. The molecule has 0 unspecified atom stereocenters. The summed E-state index contributed by atoms with van der Waals surface area (Å²) in [5.74, 6) is -2.47. The summed E-state index contributed by atoms with van der Waals surface area (Å²) in [4.78, 5) is 14.1. The van der Waals surface area contributed by atoms with Crippen LogP contribution in [0.3, 0.4) is 0 Å². The van der Waals surface area contributed by atoms with Crippen LogP contribution in [0.5, 0.6) is 5.75 Å². The largest absolute Gasteiger partial charge is 0.573 e. The number of halogens is 3. The molecule has 1 heterocycles. The van der Waals surface area contributed by atoms with Crippen LogP contribution in [-0.4, -0.2) is 22.4 Å². The van der Waals surface area contributed by atoms with E-state index >= 15 is 0 Å². The van der Waals surface area contributed by atoms with E-state index in [1.165, 1.54) is 0 Å². The molecule has 0 bridgehead atoms. The summed E-state index contributed by atoms with van der Waals surface area (Å²) < 4.78 is 39.8. The summed E-state index contributed by atoms with van der Waals surface area (Å²) in [5.41, 5.74) is 10.7. The van der Waals surface area contributed by atoms with Crippen molar-refractivity contribution in [3.63, 3.8) is 0 Å². The molecule has 1 rings (SSSR count). The highest BCUT2D eigenvalue weighted by molar-refractivity contribution is 5.71. The van der Waals surface area contributed by atoms with Crippen LogP contribution in [-0.2, 0) is 17.8 Å². The minimum atomic E-state index is -4.93. The Morgan fingerprint density at radius 2 is 2.11 bits per heavy atom. The zero-order valence-corrected chi connectivity index (χ0v) is 8.99. The van der Waals surface area contributed by atoms with E-state index in [0.29, 0.717) is 0 Å². The Labute approximate surface area is 99.4 Å². The van der Waals surface area contributed by atoms with Crippen LogP contribution in [0.15, 0.2) is 6.07 Å². The number of aliphatic carboxylic acids is 1. The van der Waals surface area contributed by atoms with E-state index in [4.69, 9.17) is 16.6 Å². The Morgan fingerprint density at radius 3 is 2.56 bits per heavy atom. The summed E-state index contributed by atoms with van der Waals surface area (Å²) in [6.45, 7) is -0.140. The van der Waals surface area contributed by atoms with E-state index in [1.807, 2.05) is 0 Å². The molecule has 0 amide bonds. The number of carboxylic acids is 1. The topological polar surface area (TPSA) is 111 Å². The molecule has 0 fully saturated rings. The van der Waals surface area contributed by atoms with Crippen LogP contribution in [0.25, 0.3) is 0 Å². The fourth-order valence-electron chi connectivity index (χ4n) is 1.29. The first-order valence-electron chi connectivity index (χ1n) is 4.69. The van der Waals surface area contributed by atoms with Crippen molar-refractivity contribution in [1.82, 2.24) is 4.98 Å². The van der Waals surface area contributed by atoms with Gasteiger partial charge in [0.2, 0.25) is 0 Å². The van der Waals surface area contributed by atoms with Gasteiger partial charge in [0.15, 0.2) is 11.6 Å². The van der Waals surface area contributed by atoms with Gasteiger partial charge in [0.05, 0.1) is 12.1 Å². The maximum absolute atomic E-state index is 12.1. The van der Waals surface area contributed by atoms with Gasteiger partial charge in [0.1, 0.15) is 0 Å². The number of anilines is 1. The number of ether oxygens (including phenoxy) is 1. The molecule has 0 aliphatic carbocycles. The minimum absolute atomic E-state index is 0.0263. The molecule has 0 saturated carbocycles. The van der Waals surface area contributed by atoms with Crippen LogP contribution < -0.4 is 16.2 Å². The molecule has 0 spiro atoms. The number of hydrogen-bond acceptors (Lipinski definition) is 5. The summed E-state index contributed by atoms with van der Waals surface area (Å²) in [6.07, 6.45) is -5.45. The molecular formula is C9H10F3N3O3. The summed E-state index contributed by atoms with van der Waals surface area (Å²) in [5, 5.41) is 8.62. The number of carbonyl (C=O) groups is 1. The first kappa shape index (κ1) is 14.0. The Bertz CT molecular complexity index is 462. The molecule has 9 heteroatoms. The van der Waals surface area contributed by atoms with Gasteiger partial charge >= 0.3 is 12.3 Å². The van der Waals surface area contributed by atoms with Crippen molar-refractivity contribution in [3.8, 4) is 5.75 Å². The van der Waals surface area contributed by atoms with Crippen LogP contribution in [0, 0.1) is 0 Å². The molecule has 1 aromatic rings. The highest BCUT2D eigenvalue weighted by Gasteiger charge is 2.32. The standard InChI is InChI=1S/C9H10F3N3O3/c10-9(11,12)18-6-1-4(2-7(16)17)5(3-13)15-8(6)14/h1H,2-3,13H2,(H2,14,15)(H,16,17). The lowest BCUT2D eigenvalue weighted by atomic mass is 10.1. The van der Waals surface area contributed by atoms with Gasteiger partial charge in [-0.1, -0.05) is 0 Å². The molecule has 5 N–H and O–H groups in total. The molecule has 6 nitrogen and oxygen atoms in total. The fourth-order valence-corrected chi connectivity index (χ4v) is 1.29. The third-order valence-corrected chi connectivity index (χ3v) is 1.94. The smallest absolute Gasteiger partial charge is 0.481 e. The van der Waals surface area contributed by atoms with Crippen LogP contribution in [0.4, 0.5) is 19.0 Å². The molecule has 0 saturated heterocycles. The van der Waals surface area contributed by atoms with Crippen molar-refractivity contribution in [2.24, 2.45) is 5.73 Å². The van der Waals surface area contributed by atoms with Crippen LogP contribution in [0.1, 0.15) is 11.3 Å². The van der Waals surface area contributed by atoms with Gasteiger partial charge in [0, 0.05) is 6.54 Å². The summed E-state index contributed by atoms with van der Waals surface area (Å²) in [6, 6.07) is 0.881. The van der Waals surface area contributed by atoms with Gasteiger partial charge in [0.25, 0.3) is 0 Å². The number of rotatable bonds is 4. The van der Waals surface area contributed by atoms with Crippen molar-refractivity contribution in [1.29, 1.82) is 0 Å². The van der Waals surface area contributed by atoms with Crippen molar-refractivity contribution in [3.05, 3.63) is 17.3 Å². The number of pyridine rings is 1. The summed E-state index contributed by atoms with van der Waals surface area (Å²) in [7, 11) is 0. The van der Waals surface area contributed by atoms with E-state index in [0.717, 1.165) is 6.07 Å². The minimum Gasteiger partial charge on any atom is -0.481 e. The molecule has 0 aromatic carbocycles. The normalized spacial score (nSPS) is 11.3. The van der Waals surface area contributed by atoms with Crippen molar-refractivity contribution >= 4 is 11.8 Å². The number of carboxylic acid groups (broad SMARTS) is 1. The Hall–Kier alpha value is -2.03. The number of nitrogens with zero attached hydrogens (tertiary/aromatic N) is 1. The van der Waals surface area contributed by atoms with E-state index in [1.54, 1.807) is 0 Å². The first-order valence-corrected chi connectivity index (χ1v) is 4.69. The maximum Gasteiger partial charge on any atom is 0.573 e. The van der Waals surface area contributed by atoms with E-state index in [2.05, 4.69) is 9.72 Å². The van der Waals surface area contributed by atoms with Gasteiger partial charge in [-0.15, -0.1) is 13.2 Å². The Balaban J connectivity index is 3.16. The molecule has 0 radical (unpaired) electrons. The number of nitrogen functional groups attached to an aromatic ring is 1. The first-order chi connectivity index (χ1) is 8.23. The highest BCUT2D eigenvalue weighted by atomic mass is 19.4. The Morgan fingerprint density at radius 1 is 1.50 bits per heavy atom. The average Bonchev–Trinajstić information content (AvgIpc) is 2.19. The molecule has 0 aliphatic heterocycles. The highest BCUT2D eigenvalue weighted by Crippen LogP contribution is 2.29. The second-order valence-electron chi connectivity index (χ2n) is 3.30. The number of aromatic nitrogens is 1. The number of nitrogens with two attached hydrogens (primary N) is 2. The third kappa shape index (κ3) is 3.77. The van der Waals surface area contributed by atoms with Crippen LogP contribution >= 0.6 is 0 Å². The second-order valence-corrected chi connectivity index (χ2v) is 3.30. The molecule has 100 valence electrons. The maximum atomic E-state index is 12.1. The monoisotopic (exact) mass is 265 g/mol. The van der Waals surface area contributed by atoms with Crippen molar-refractivity contribution < 1.29 is 27.8 Å². The second kappa shape index (κ2) is 5.08. The van der Waals surface area contributed by atoms with Gasteiger partial charge in [-0.2, -0.15) is 0 Å². The van der Waals surface area contributed by atoms with E-state index < -0.39 is 30.3 Å². The molecule has 1 aromatic heterocycles. The van der Waals surface area contributed by atoms with E-state index in [9.17, 15) is 18.0 Å². The molecule has 18 heavy (non-hydrogen) atoms. The lowest BCUT2D eigenvalue weighted by molar-refractivity contribution is -0.274. The van der Waals surface area contributed by atoms with Gasteiger partial charge in [-0.05, 0) is 11.6 Å². The third-order valence-electron chi connectivity index (χ3n) is 1.94. The van der Waals surface area contributed by atoms with Crippen molar-refractivity contribution in [2.75, 3.05) is 5.73 Å². The molecule has 0 atom stereocenters. The SMILES string of the molecule is NCc1nc(N)c(OC(F)(F)F)cc1CC(=O)O. The van der Waals surface area contributed by atoms with Gasteiger partial charge in [-0.3, -0.25) is 4.79 Å². The summed E-state index contributed by atoms with van der Waals surface area (Å²) >= 11 is 0. The molecular weight excluding hydrogens is 255 g/mol. The van der Waals surface area contributed by atoms with E-state index in [-0.39, 0.29) is 17.8 Å². The zero-order chi connectivity index (χ0) is 13.9. The number of hydrogen-bond donors (Lipinski definition) is 3.